The number of carbonyl (C=O) groups excluding carboxylic acids is 1. The molecular weight excluding hydrogens is 202 g/mol. The van der Waals surface area contributed by atoms with Gasteiger partial charge in [-0.05, 0) is 6.42 Å². The van der Waals surface area contributed by atoms with E-state index in [0.717, 1.165) is 0 Å². The van der Waals surface area contributed by atoms with Crippen LogP contribution < -0.4 is 10.6 Å². The van der Waals surface area contributed by atoms with Crippen LogP contribution in [0.5, 0.6) is 0 Å². The van der Waals surface area contributed by atoms with Gasteiger partial charge in [0.05, 0.1) is 12.1 Å². The molecule has 7 nitrogen and oxygen atoms in total. The predicted octanol–water partition coefficient (Wildman–Crippen LogP) is -0.779. The third-order valence-electron chi connectivity index (χ3n) is 2.28. The molecule has 0 bridgehead atoms. The molecule has 0 fully saturated rings. The standard InChI is InChI=1S/C8H9N3O4/c9-3-5(12)11-2-1-4-6(8(13)14)10-15-7(4)11/h1-3,9H2,(H,13,14). The molecule has 15 heavy (non-hydrogen) atoms. The smallest absolute Gasteiger partial charge is 0.358 e. The minimum atomic E-state index is -1.15. The van der Waals surface area contributed by atoms with Gasteiger partial charge in [0.25, 0.3) is 0 Å². The summed E-state index contributed by atoms with van der Waals surface area (Å²) in [6, 6.07) is 0. The van der Waals surface area contributed by atoms with Crippen molar-refractivity contribution in [2.75, 3.05) is 18.0 Å². The highest BCUT2D eigenvalue weighted by molar-refractivity contribution is 5.97. The number of aromatic carboxylic acids is 1. The maximum absolute atomic E-state index is 11.3. The Morgan fingerprint density at radius 2 is 2.33 bits per heavy atom. The minimum Gasteiger partial charge on any atom is -0.476 e. The maximum Gasteiger partial charge on any atom is 0.358 e. The van der Waals surface area contributed by atoms with Crippen LogP contribution in [0.4, 0.5) is 5.88 Å². The molecule has 0 saturated carbocycles. The summed E-state index contributed by atoms with van der Waals surface area (Å²) in [5.41, 5.74) is 5.54. The van der Waals surface area contributed by atoms with Crippen molar-refractivity contribution in [3.8, 4) is 0 Å². The lowest BCUT2D eigenvalue weighted by atomic mass is 10.2. The molecule has 2 heterocycles. The van der Waals surface area contributed by atoms with E-state index in [9.17, 15) is 9.59 Å². The number of anilines is 1. The van der Waals surface area contributed by atoms with E-state index in [1.807, 2.05) is 0 Å². The Labute approximate surface area is 84.4 Å². The number of carboxylic acid groups (broad SMARTS) is 1. The van der Waals surface area contributed by atoms with Crippen LogP contribution in [0.2, 0.25) is 0 Å². The molecule has 1 aliphatic rings. The summed E-state index contributed by atoms with van der Waals surface area (Å²) in [5.74, 6) is -1.24. The zero-order valence-electron chi connectivity index (χ0n) is 7.77. The van der Waals surface area contributed by atoms with E-state index < -0.39 is 5.97 Å². The minimum absolute atomic E-state index is 0.127. The Hall–Kier alpha value is -1.89. The first kappa shape index (κ1) is 9.66. The predicted molar refractivity (Wildman–Crippen MR) is 48.6 cm³/mol. The lowest BCUT2D eigenvalue weighted by molar-refractivity contribution is -0.117. The van der Waals surface area contributed by atoms with Crippen molar-refractivity contribution in [3.63, 3.8) is 0 Å². The van der Waals surface area contributed by atoms with Crippen molar-refractivity contribution in [2.24, 2.45) is 5.73 Å². The Morgan fingerprint density at radius 1 is 1.60 bits per heavy atom. The molecule has 1 aliphatic heterocycles. The molecule has 0 unspecified atom stereocenters. The molecule has 1 aromatic rings. The number of rotatable bonds is 2. The van der Waals surface area contributed by atoms with Gasteiger partial charge in [-0.2, -0.15) is 0 Å². The number of nitrogens with two attached hydrogens (primary N) is 1. The van der Waals surface area contributed by atoms with Gasteiger partial charge in [0.15, 0.2) is 5.69 Å². The normalized spacial score (nSPS) is 14.1. The first-order chi connectivity index (χ1) is 7.15. The van der Waals surface area contributed by atoms with Gasteiger partial charge in [0.2, 0.25) is 11.8 Å². The molecule has 0 saturated heterocycles. The Bertz CT molecular complexity index is 426. The second-order valence-corrected chi connectivity index (χ2v) is 3.12. The summed E-state index contributed by atoms with van der Waals surface area (Å²) < 4.78 is 4.82. The van der Waals surface area contributed by atoms with E-state index in [1.165, 1.54) is 4.90 Å². The number of amides is 1. The maximum atomic E-state index is 11.3. The number of aromatic nitrogens is 1. The summed E-state index contributed by atoms with van der Waals surface area (Å²) in [6.07, 6.45) is 0.437. The van der Waals surface area contributed by atoms with Crippen LogP contribution in [-0.4, -0.2) is 35.2 Å². The molecule has 0 aliphatic carbocycles. The van der Waals surface area contributed by atoms with Crippen LogP contribution >= 0.6 is 0 Å². The third-order valence-corrected chi connectivity index (χ3v) is 2.28. The van der Waals surface area contributed by atoms with Gasteiger partial charge in [-0.25, -0.2) is 4.79 Å². The highest BCUT2D eigenvalue weighted by atomic mass is 16.5. The molecule has 1 amide bonds. The third kappa shape index (κ3) is 1.37. The topological polar surface area (TPSA) is 110 Å². The fourth-order valence-electron chi connectivity index (χ4n) is 1.58. The average Bonchev–Trinajstić information content (AvgIpc) is 2.75. The highest BCUT2D eigenvalue weighted by Crippen LogP contribution is 2.30. The molecule has 80 valence electrons. The Morgan fingerprint density at radius 3 is 2.93 bits per heavy atom. The summed E-state index contributed by atoms with van der Waals surface area (Å²) in [7, 11) is 0. The van der Waals surface area contributed by atoms with Crippen molar-refractivity contribution in [2.45, 2.75) is 6.42 Å². The molecule has 7 heteroatoms. The quantitative estimate of drug-likeness (QED) is 0.664. The monoisotopic (exact) mass is 211 g/mol. The van der Waals surface area contributed by atoms with Crippen LogP contribution in [-0.2, 0) is 11.2 Å². The zero-order valence-corrected chi connectivity index (χ0v) is 7.77. The second-order valence-electron chi connectivity index (χ2n) is 3.12. The van der Waals surface area contributed by atoms with Gasteiger partial charge >= 0.3 is 5.97 Å². The number of hydrogen-bond donors (Lipinski definition) is 2. The van der Waals surface area contributed by atoms with Crippen LogP contribution in [0.1, 0.15) is 16.1 Å². The van der Waals surface area contributed by atoms with E-state index in [-0.39, 0.29) is 24.0 Å². The van der Waals surface area contributed by atoms with Crippen molar-refractivity contribution < 1.29 is 19.2 Å². The van der Waals surface area contributed by atoms with Crippen LogP contribution in [0.3, 0.4) is 0 Å². The first-order valence-corrected chi connectivity index (χ1v) is 4.37. The molecular formula is C8H9N3O4. The molecule has 0 atom stereocenters. The zero-order chi connectivity index (χ0) is 11.0. The second kappa shape index (κ2) is 3.35. The molecule has 3 N–H and O–H groups in total. The average molecular weight is 211 g/mol. The van der Waals surface area contributed by atoms with E-state index in [4.69, 9.17) is 15.4 Å². The molecule has 1 aromatic heterocycles. The summed E-state index contributed by atoms with van der Waals surface area (Å²) in [5, 5.41) is 12.2. The van der Waals surface area contributed by atoms with E-state index in [0.29, 0.717) is 18.5 Å². The van der Waals surface area contributed by atoms with E-state index in [1.54, 1.807) is 0 Å². The summed E-state index contributed by atoms with van der Waals surface area (Å²) in [4.78, 5) is 23.4. The SMILES string of the molecule is NCC(=O)N1CCc2c(C(=O)O)noc21. The molecule has 2 rings (SSSR count). The van der Waals surface area contributed by atoms with Crippen LogP contribution in [0.15, 0.2) is 4.52 Å². The van der Waals surface area contributed by atoms with Gasteiger partial charge in [0, 0.05) is 6.54 Å². The Kier molecular flexibility index (Phi) is 2.16. The Balaban J connectivity index is 2.37. The van der Waals surface area contributed by atoms with Crippen molar-refractivity contribution in [1.29, 1.82) is 0 Å². The van der Waals surface area contributed by atoms with Gasteiger partial charge < -0.3 is 15.4 Å². The van der Waals surface area contributed by atoms with Crippen LogP contribution in [0, 0.1) is 0 Å². The summed E-state index contributed by atoms with van der Waals surface area (Å²) >= 11 is 0. The first-order valence-electron chi connectivity index (χ1n) is 4.37. The van der Waals surface area contributed by atoms with Gasteiger partial charge in [-0.3, -0.25) is 9.69 Å². The van der Waals surface area contributed by atoms with Gasteiger partial charge in [-0.1, -0.05) is 5.16 Å². The number of hydrogen-bond acceptors (Lipinski definition) is 5. The van der Waals surface area contributed by atoms with Crippen molar-refractivity contribution in [1.82, 2.24) is 5.16 Å². The largest absolute Gasteiger partial charge is 0.476 e. The number of carbonyl (C=O) groups is 2. The van der Waals surface area contributed by atoms with E-state index >= 15 is 0 Å². The fraction of sp³-hybridized carbons (Fsp3) is 0.375. The van der Waals surface area contributed by atoms with Crippen LogP contribution in [0.25, 0.3) is 0 Å². The van der Waals surface area contributed by atoms with Crippen molar-refractivity contribution in [3.05, 3.63) is 11.3 Å². The van der Waals surface area contributed by atoms with Crippen molar-refractivity contribution >= 4 is 17.8 Å². The number of carboxylic acids is 1. The highest BCUT2D eigenvalue weighted by Gasteiger charge is 2.33. The lowest BCUT2D eigenvalue weighted by Gasteiger charge is -2.11. The lowest BCUT2D eigenvalue weighted by Crippen LogP contribution is -2.34. The van der Waals surface area contributed by atoms with E-state index in [2.05, 4.69) is 5.16 Å². The molecule has 0 spiro atoms. The number of nitrogens with zero attached hydrogens (tertiary/aromatic N) is 2. The molecule has 0 radical (unpaired) electrons. The van der Waals surface area contributed by atoms with Gasteiger partial charge in [0.1, 0.15) is 0 Å². The fourth-order valence-corrected chi connectivity index (χ4v) is 1.58. The summed E-state index contributed by atoms with van der Waals surface area (Å²) in [6.45, 7) is 0.259. The number of fused-ring (bicyclic) bond motifs is 1. The van der Waals surface area contributed by atoms with Gasteiger partial charge in [-0.15, -0.1) is 0 Å². The molecule has 0 aromatic carbocycles.